The van der Waals surface area contributed by atoms with Gasteiger partial charge in [-0.3, -0.25) is 4.79 Å². The summed E-state index contributed by atoms with van der Waals surface area (Å²) in [7, 11) is 1.77. The minimum atomic E-state index is -0.0258. The molecule has 1 heterocycles. The fraction of sp³-hybridized carbons (Fsp3) is 0.350. The highest BCUT2D eigenvalue weighted by Crippen LogP contribution is 2.33. The molecule has 0 atom stereocenters. The van der Waals surface area contributed by atoms with E-state index >= 15 is 0 Å². The maximum absolute atomic E-state index is 11.6. The lowest BCUT2D eigenvalue weighted by molar-refractivity contribution is -0.120. The number of anilines is 2. The number of carbonyl (C=O) groups is 1. The van der Waals surface area contributed by atoms with Gasteiger partial charge in [0.1, 0.15) is 5.75 Å². The van der Waals surface area contributed by atoms with Gasteiger partial charge >= 0.3 is 0 Å². The maximum Gasteiger partial charge on any atom is 0.264 e. The van der Waals surface area contributed by atoms with Gasteiger partial charge in [0.2, 0.25) is 0 Å². The van der Waals surface area contributed by atoms with Gasteiger partial charge in [0, 0.05) is 25.3 Å². The molecule has 0 radical (unpaired) electrons. The second-order valence-corrected chi connectivity index (χ2v) is 7.22. The first kappa shape index (κ1) is 16.4. The summed E-state index contributed by atoms with van der Waals surface area (Å²) in [6.45, 7) is 7.50. The molecular weight excluding hydrogens is 300 g/mol. The molecule has 0 saturated carbocycles. The summed E-state index contributed by atoms with van der Waals surface area (Å²) in [4.78, 5) is 13.3. The van der Waals surface area contributed by atoms with E-state index in [1.165, 1.54) is 11.1 Å². The van der Waals surface area contributed by atoms with Crippen molar-refractivity contribution in [3.8, 4) is 5.75 Å². The largest absolute Gasteiger partial charge is 0.481 e. The lowest BCUT2D eigenvalue weighted by atomic mass is 9.87. The number of amides is 1. The molecule has 1 N–H and O–H groups in total. The number of fused-ring (bicyclic) bond motifs is 1. The molecule has 3 rings (SSSR count). The van der Waals surface area contributed by atoms with Gasteiger partial charge < -0.3 is 15.0 Å². The topological polar surface area (TPSA) is 41.6 Å². The van der Waals surface area contributed by atoms with Gasteiger partial charge in [-0.25, -0.2) is 0 Å². The highest BCUT2D eigenvalue weighted by Gasteiger charge is 2.22. The Bertz CT molecular complexity index is 745. The predicted molar refractivity (Wildman–Crippen MR) is 97.8 cm³/mol. The molecule has 0 spiro atoms. The molecule has 2 aromatic rings. The molecule has 1 amide bonds. The Balaban J connectivity index is 1.68. The molecule has 0 aromatic heterocycles. The number of carbonyl (C=O) groups excluding carboxylic acids is 1. The lowest BCUT2D eigenvalue weighted by Crippen LogP contribution is -2.35. The fourth-order valence-electron chi connectivity index (χ4n) is 2.71. The summed E-state index contributed by atoms with van der Waals surface area (Å²) in [5.41, 5.74) is 4.53. The Labute approximate surface area is 143 Å². The minimum absolute atomic E-state index is 0.0258. The number of nitrogens with zero attached hydrogens (tertiary/aromatic N) is 1. The van der Waals surface area contributed by atoms with Crippen molar-refractivity contribution in [2.75, 3.05) is 23.9 Å². The minimum Gasteiger partial charge on any atom is -0.481 e. The van der Waals surface area contributed by atoms with Crippen LogP contribution < -0.4 is 15.0 Å². The Morgan fingerprint density at radius 3 is 2.50 bits per heavy atom. The molecule has 4 nitrogen and oxygen atoms in total. The molecule has 0 unspecified atom stereocenters. The Hall–Kier alpha value is -2.49. The Morgan fingerprint density at radius 1 is 1.12 bits per heavy atom. The predicted octanol–water partition coefficient (Wildman–Crippen LogP) is 3.95. The van der Waals surface area contributed by atoms with E-state index in [0.717, 1.165) is 23.7 Å². The average Bonchev–Trinajstić information content (AvgIpc) is 2.56. The molecule has 0 saturated heterocycles. The van der Waals surface area contributed by atoms with Crippen LogP contribution in [0.15, 0.2) is 42.5 Å². The Morgan fingerprint density at radius 2 is 1.83 bits per heavy atom. The molecule has 0 bridgehead atoms. The monoisotopic (exact) mass is 324 g/mol. The van der Waals surface area contributed by atoms with Crippen LogP contribution in [0.25, 0.3) is 0 Å². The highest BCUT2D eigenvalue weighted by molar-refractivity contribution is 5.97. The van der Waals surface area contributed by atoms with Crippen LogP contribution in [0.1, 0.15) is 31.9 Å². The quantitative estimate of drug-likeness (QED) is 0.929. The molecule has 0 fully saturated rings. The van der Waals surface area contributed by atoms with E-state index in [4.69, 9.17) is 4.74 Å². The van der Waals surface area contributed by atoms with Crippen molar-refractivity contribution in [2.24, 2.45) is 0 Å². The SMILES string of the molecule is CN1C(=O)COc2cc(NCc3ccc(C(C)(C)C)cc3)ccc21. The third-order valence-electron chi connectivity index (χ3n) is 4.36. The molecular formula is C20H24N2O2. The van der Waals surface area contributed by atoms with E-state index in [-0.39, 0.29) is 17.9 Å². The molecule has 4 heteroatoms. The number of hydrogen-bond donors (Lipinski definition) is 1. The number of ether oxygens (including phenoxy) is 1. The van der Waals surface area contributed by atoms with Crippen LogP contribution in [0.2, 0.25) is 0 Å². The van der Waals surface area contributed by atoms with Crippen molar-refractivity contribution in [1.82, 2.24) is 0 Å². The van der Waals surface area contributed by atoms with Crippen LogP contribution in [-0.2, 0) is 16.8 Å². The first-order valence-corrected chi connectivity index (χ1v) is 8.21. The van der Waals surface area contributed by atoms with Crippen LogP contribution >= 0.6 is 0 Å². The maximum atomic E-state index is 11.6. The lowest BCUT2D eigenvalue weighted by Gasteiger charge is -2.26. The summed E-state index contributed by atoms with van der Waals surface area (Å²) in [6.07, 6.45) is 0. The van der Waals surface area contributed by atoms with E-state index in [1.54, 1.807) is 11.9 Å². The zero-order valence-corrected chi connectivity index (χ0v) is 14.7. The van der Waals surface area contributed by atoms with Crippen LogP contribution in [0, 0.1) is 0 Å². The van der Waals surface area contributed by atoms with Crippen LogP contribution in [-0.4, -0.2) is 19.6 Å². The highest BCUT2D eigenvalue weighted by atomic mass is 16.5. The molecule has 24 heavy (non-hydrogen) atoms. The van der Waals surface area contributed by atoms with Crippen molar-refractivity contribution in [2.45, 2.75) is 32.7 Å². The zero-order chi connectivity index (χ0) is 17.3. The van der Waals surface area contributed by atoms with Crippen molar-refractivity contribution >= 4 is 17.3 Å². The zero-order valence-electron chi connectivity index (χ0n) is 14.7. The van der Waals surface area contributed by atoms with Gasteiger partial charge in [-0.2, -0.15) is 0 Å². The van der Waals surface area contributed by atoms with Gasteiger partial charge in [0.05, 0.1) is 5.69 Å². The van der Waals surface area contributed by atoms with Crippen LogP contribution in [0.4, 0.5) is 11.4 Å². The van der Waals surface area contributed by atoms with Gasteiger partial charge in [-0.05, 0) is 28.7 Å². The van der Waals surface area contributed by atoms with Crippen molar-refractivity contribution < 1.29 is 9.53 Å². The third kappa shape index (κ3) is 3.37. The first-order valence-electron chi connectivity index (χ1n) is 8.21. The fourth-order valence-corrected chi connectivity index (χ4v) is 2.71. The summed E-state index contributed by atoms with van der Waals surface area (Å²) < 4.78 is 5.52. The summed E-state index contributed by atoms with van der Waals surface area (Å²) in [6, 6.07) is 14.5. The van der Waals surface area contributed by atoms with Gasteiger partial charge in [-0.1, -0.05) is 45.0 Å². The average molecular weight is 324 g/mol. The molecule has 1 aliphatic rings. The first-order chi connectivity index (χ1) is 11.3. The second kappa shape index (κ2) is 6.19. The normalized spacial score (nSPS) is 14.2. The van der Waals surface area contributed by atoms with E-state index in [2.05, 4.69) is 50.4 Å². The van der Waals surface area contributed by atoms with E-state index < -0.39 is 0 Å². The standard InChI is InChI=1S/C20H24N2O2/c1-20(2,3)15-7-5-14(6-8-15)12-21-16-9-10-17-18(11-16)24-13-19(23)22(17)4/h5-11,21H,12-13H2,1-4H3. The molecule has 126 valence electrons. The molecule has 0 aliphatic carbocycles. The number of benzene rings is 2. The van der Waals surface area contributed by atoms with Gasteiger partial charge in [-0.15, -0.1) is 0 Å². The van der Waals surface area contributed by atoms with Gasteiger partial charge in [0.15, 0.2) is 6.61 Å². The van der Waals surface area contributed by atoms with E-state index in [0.29, 0.717) is 0 Å². The van der Waals surface area contributed by atoms with Crippen molar-refractivity contribution in [3.63, 3.8) is 0 Å². The van der Waals surface area contributed by atoms with Crippen molar-refractivity contribution in [1.29, 1.82) is 0 Å². The van der Waals surface area contributed by atoms with Crippen LogP contribution in [0.5, 0.6) is 5.75 Å². The molecule has 2 aromatic carbocycles. The third-order valence-corrected chi connectivity index (χ3v) is 4.36. The van der Waals surface area contributed by atoms with E-state index in [1.807, 2.05) is 18.2 Å². The summed E-state index contributed by atoms with van der Waals surface area (Å²) in [5, 5.41) is 3.41. The smallest absolute Gasteiger partial charge is 0.264 e. The Kier molecular flexibility index (Phi) is 4.22. The summed E-state index contributed by atoms with van der Waals surface area (Å²) >= 11 is 0. The number of rotatable bonds is 3. The van der Waals surface area contributed by atoms with E-state index in [9.17, 15) is 4.79 Å². The molecule has 1 aliphatic heterocycles. The second-order valence-electron chi connectivity index (χ2n) is 7.22. The number of nitrogens with one attached hydrogen (secondary N) is 1. The number of hydrogen-bond acceptors (Lipinski definition) is 3. The van der Waals surface area contributed by atoms with Crippen LogP contribution in [0.3, 0.4) is 0 Å². The number of likely N-dealkylation sites (N-methyl/N-ethyl adjacent to an activating group) is 1. The summed E-state index contributed by atoms with van der Waals surface area (Å²) in [5.74, 6) is 0.715. The van der Waals surface area contributed by atoms with Crippen molar-refractivity contribution in [3.05, 3.63) is 53.6 Å². The van der Waals surface area contributed by atoms with Gasteiger partial charge in [0.25, 0.3) is 5.91 Å².